The lowest BCUT2D eigenvalue weighted by Crippen LogP contribution is -2.05. The molecule has 0 N–H and O–H groups in total. The second-order valence-corrected chi connectivity index (χ2v) is 3.10. The zero-order valence-electron chi connectivity index (χ0n) is 6.92. The fourth-order valence-corrected chi connectivity index (χ4v) is 1.57. The first-order chi connectivity index (χ1) is 5.79. The van der Waals surface area contributed by atoms with Crippen molar-refractivity contribution in [3.63, 3.8) is 0 Å². The van der Waals surface area contributed by atoms with E-state index in [1.807, 2.05) is 30.3 Å². The Labute approximate surface area is 71.7 Å². The van der Waals surface area contributed by atoms with Gasteiger partial charge in [-0.05, 0) is 24.1 Å². The van der Waals surface area contributed by atoms with Crippen molar-refractivity contribution in [1.82, 2.24) is 0 Å². The average molecular weight is 161 g/mol. The molecule has 0 aliphatic heterocycles. The van der Waals surface area contributed by atoms with Crippen LogP contribution < -0.4 is 0 Å². The highest BCUT2D eigenvalue weighted by Gasteiger charge is 2.22. The largest absolute Gasteiger partial charge is 0.247 e. The minimum absolute atomic E-state index is 0.152. The van der Waals surface area contributed by atoms with E-state index in [0.29, 0.717) is 0 Å². The lowest BCUT2D eigenvalue weighted by Gasteiger charge is -2.10. The van der Waals surface area contributed by atoms with E-state index < -0.39 is 6.17 Å². The van der Waals surface area contributed by atoms with Crippen molar-refractivity contribution in [3.8, 4) is 0 Å². The molecule has 1 aromatic carbocycles. The highest BCUT2D eigenvalue weighted by atomic mass is 19.1. The van der Waals surface area contributed by atoms with Gasteiger partial charge in [-0.1, -0.05) is 30.3 Å². The van der Waals surface area contributed by atoms with Gasteiger partial charge in [-0.2, -0.15) is 0 Å². The second kappa shape index (κ2) is 2.74. The quantitative estimate of drug-likeness (QED) is 0.594. The van der Waals surface area contributed by atoms with Crippen LogP contribution in [0.2, 0.25) is 0 Å². The summed E-state index contributed by atoms with van der Waals surface area (Å²) in [6.45, 7) is 1.58. The summed E-state index contributed by atoms with van der Waals surface area (Å²) in [5.74, 6) is -0.152. The highest BCUT2D eigenvalue weighted by Crippen LogP contribution is 2.32. The summed E-state index contributed by atoms with van der Waals surface area (Å²) in [4.78, 5) is 0. The van der Waals surface area contributed by atoms with Crippen LogP contribution in [0.25, 0.3) is 6.08 Å². The van der Waals surface area contributed by atoms with Crippen LogP contribution in [0.3, 0.4) is 0 Å². The minimum Gasteiger partial charge on any atom is -0.247 e. The molecule has 1 aromatic rings. The Morgan fingerprint density at radius 2 is 2.17 bits per heavy atom. The standard InChI is InChI=1S/C11H10F/c1-8(12)10-7-6-9-4-2-3-5-11(9)10/h2-6,8,10H,1H3. The smallest absolute Gasteiger partial charge is 0.108 e. The van der Waals surface area contributed by atoms with Gasteiger partial charge < -0.3 is 0 Å². The van der Waals surface area contributed by atoms with Crippen molar-refractivity contribution in [2.45, 2.75) is 19.0 Å². The Bertz CT molecular complexity index is 313. The van der Waals surface area contributed by atoms with Gasteiger partial charge in [0.05, 0.1) is 0 Å². The molecule has 0 saturated heterocycles. The molecule has 2 rings (SSSR count). The fraction of sp³-hybridized carbons (Fsp3) is 0.273. The Balaban J connectivity index is 2.42. The number of hydrogen-bond donors (Lipinski definition) is 0. The third-order valence-electron chi connectivity index (χ3n) is 2.21. The lowest BCUT2D eigenvalue weighted by molar-refractivity contribution is 0.332. The molecule has 2 unspecified atom stereocenters. The zero-order valence-corrected chi connectivity index (χ0v) is 6.92. The molecule has 0 spiro atoms. The summed E-state index contributed by atoms with van der Waals surface area (Å²) in [6, 6.07) is 7.86. The third kappa shape index (κ3) is 1.06. The van der Waals surface area contributed by atoms with Gasteiger partial charge in [0.1, 0.15) is 6.17 Å². The first kappa shape index (κ1) is 7.53. The molecule has 2 atom stereocenters. The van der Waals surface area contributed by atoms with Crippen molar-refractivity contribution in [2.24, 2.45) is 0 Å². The normalized spacial score (nSPS) is 22.3. The molecule has 1 aliphatic carbocycles. The molecule has 0 aromatic heterocycles. The van der Waals surface area contributed by atoms with E-state index in [9.17, 15) is 4.39 Å². The zero-order chi connectivity index (χ0) is 8.55. The molecule has 0 fully saturated rings. The predicted octanol–water partition coefficient (Wildman–Crippen LogP) is 2.96. The number of alkyl halides is 1. The number of halogens is 1. The summed E-state index contributed by atoms with van der Waals surface area (Å²) in [5, 5.41) is 0. The topological polar surface area (TPSA) is 0 Å². The monoisotopic (exact) mass is 161 g/mol. The Morgan fingerprint density at radius 3 is 2.92 bits per heavy atom. The van der Waals surface area contributed by atoms with E-state index in [1.165, 1.54) is 0 Å². The lowest BCUT2D eigenvalue weighted by atomic mass is 9.97. The molecule has 1 heteroatoms. The van der Waals surface area contributed by atoms with E-state index in [2.05, 4.69) is 6.08 Å². The Hall–Kier alpha value is -1.11. The summed E-state index contributed by atoms with van der Waals surface area (Å²) in [5.41, 5.74) is 2.17. The first-order valence-corrected chi connectivity index (χ1v) is 4.11. The molecule has 0 saturated carbocycles. The fourth-order valence-electron chi connectivity index (χ4n) is 1.57. The molecule has 0 heterocycles. The number of hydrogen-bond acceptors (Lipinski definition) is 0. The van der Waals surface area contributed by atoms with E-state index in [-0.39, 0.29) is 5.92 Å². The van der Waals surface area contributed by atoms with Crippen molar-refractivity contribution >= 4 is 6.08 Å². The van der Waals surface area contributed by atoms with Crippen LogP contribution in [-0.4, -0.2) is 6.17 Å². The maximum absolute atomic E-state index is 13.0. The van der Waals surface area contributed by atoms with Gasteiger partial charge in [0.15, 0.2) is 0 Å². The molecule has 61 valence electrons. The summed E-state index contributed by atoms with van der Waals surface area (Å²) in [7, 11) is 0. The van der Waals surface area contributed by atoms with E-state index in [0.717, 1.165) is 11.1 Å². The van der Waals surface area contributed by atoms with Gasteiger partial charge in [-0.15, -0.1) is 0 Å². The summed E-state index contributed by atoms with van der Waals surface area (Å²) in [6.07, 6.45) is 4.05. The van der Waals surface area contributed by atoms with Gasteiger partial charge in [-0.3, -0.25) is 0 Å². The van der Waals surface area contributed by atoms with Crippen LogP contribution in [0.5, 0.6) is 0 Å². The minimum atomic E-state index is -0.843. The van der Waals surface area contributed by atoms with Crippen LogP contribution >= 0.6 is 0 Å². The summed E-state index contributed by atoms with van der Waals surface area (Å²) < 4.78 is 13.0. The van der Waals surface area contributed by atoms with Crippen molar-refractivity contribution in [3.05, 3.63) is 41.5 Å². The Kier molecular flexibility index (Phi) is 1.72. The summed E-state index contributed by atoms with van der Waals surface area (Å²) >= 11 is 0. The van der Waals surface area contributed by atoms with E-state index in [4.69, 9.17) is 0 Å². The maximum Gasteiger partial charge on any atom is 0.108 e. The van der Waals surface area contributed by atoms with Crippen LogP contribution in [0.1, 0.15) is 24.0 Å². The second-order valence-electron chi connectivity index (χ2n) is 3.10. The molecule has 0 bridgehead atoms. The van der Waals surface area contributed by atoms with Crippen LogP contribution in [0.15, 0.2) is 24.3 Å². The van der Waals surface area contributed by atoms with Crippen LogP contribution in [0.4, 0.5) is 4.39 Å². The van der Waals surface area contributed by atoms with Crippen molar-refractivity contribution in [1.29, 1.82) is 0 Å². The number of fused-ring (bicyclic) bond motifs is 1. The van der Waals surface area contributed by atoms with Gasteiger partial charge in [0.25, 0.3) is 0 Å². The predicted molar refractivity (Wildman–Crippen MR) is 47.5 cm³/mol. The Morgan fingerprint density at radius 1 is 1.42 bits per heavy atom. The van der Waals surface area contributed by atoms with Gasteiger partial charge in [-0.25, -0.2) is 4.39 Å². The van der Waals surface area contributed by atoms with Crippen molar-refractivity contribution < 1.29 is 4.39 Å². The number of benzene rings is 1. The average Bonchev–Trinajstić information content (AvgIpc) is 2.47. The number of allylic oxidation sites excluding steroid dienone is 1. The van der Waals surface area contributed by atoms with E-state index >= 15 is 0 Å². The van der Waals surface area contributed by atoms with Crippen molar-refractivity contribution in [2.75, 3.05) is 0 Å². The molecule has 1 radical (unpaired) electrons. The molecule has 12 heavy (non-hydrogen) atoms. The number of rotatable bonds is 1. The molecule has 0 amide bonds. The van der Waals surface area contributed by atoms with Gasteiger partial charge in [0, 0.05) is 5.92 Å². The first-order valence-electron chi connectivity index (χ1n) is 4.11. The SMILES string of the molecule is CC(F)C1[C]=Cc2ccccc21. The molecular formula is C11H10F. The van der Waals surface area contributed by atoms with Gasteiger partial charge in [0.2, 0.25) is 0 Å². The van der Waals surface area contributed by atoms with Crippen LogP contribution in [-0.2, 0) is 0 Å². The van der Waals surface area contributed by atoms with E-state index in [1.54, 1.807) is 6.92 Å². The van der Waals surface area contributed by atoms with Crippen LogP contribution in [0, 0.1) is 6.08 Å². The molecular weight excluding hydrogens is 151 g/mol. The highest BCUT2D eigenvalue weighted by molar-refractivity contribution is 5.60. The maximum atomic E-state index is 13.0. The molecule has 0 nitrogen and oxygen atoms in total. The molecule has 1 aliphatic rings. The third-order valence-corrected chi connectivity index (χ3v) is 2.21. The van der Waals surface area contributed by atoms with Gasteiger partial charge >= 0.3 is 0 Å².